The first-order valence-electron chi connectivity index (χ1n) is 8.41. The quantitative estimate of drug-likeness (QED) is 0.793. The Hall–Kier alpha value is -2.69. The number of anilines is 2. The van der Waals surface area contributed by atoms with Gasteiger partial charge in [0.2, 0.25) is 0 Å². The standard InChI is InChI=1S/C19H22N4O/c24-19(20-12-11-15-7-3-1-4-8-15)17-13-22-18(14-21-17)23-16-9-5-2-6-10-16/h2,5-7,9-10,13-14H,1,3-4,8,11-12H2,(H,20,24)(H,22,23). The number of carbonyl (C=O) groups excluding carboxylic acids is 1. The van der Waals surface area contributed by atoms with Crippen molar-refractivity contribution in [3.63, 3.8) is 0 Å². The van der Waals surface area contributed by atoms with Crippen molar-refractivity contribution in [1.82, 2.24) is 15.3 Å². The summed E-state index contributed by atoms with van der Waals surface area (Å²) in [7, 11) is 0. The van der Waals surface area contributed by atoms with Gasteiger partial charge < -0.3 is 10.6 Å². The van der Waals surface area contributed by atoms with E-state index in [4.69, 9.17) is 0 Å². The molecule has 1 aliphatic carbocycles. The fourth-order valence-electron chi connectivity index (χ4n) is 2.74. The van der Waals surface area contributed by atoms with Crippen LogP contribution < -0.4 is 10.6 Å². The molecule has 0 aliphatic heterocycles. The van der Waals surface area contributed by atoms with E-state index in [0.29, 0.717) is 18.1 Å². The molecule has 5 heteroatoms. The number of carbonyl (C=O) groups is 1. The predicted octanol–water partition coefficient (Wildman–Crippen LogP) is 3.84. The SMILES string of the molecule is O=C(NCCC1=CCCCC1)c1cnc(Nc2ccccc2)cn1. The van der Waals surface area contributed by atoms with Gasteiger partial charge in [-0.25, -0.2) is 9.97 Å². The Morgan fingerprint density at radius 1 is 1.08 bits per heavy atom. The summed E-state index contributed by atoms with van der Waals surface area (Å²) in [4.78, 5) is 20.5. The second kappa shape index (κ2) is 8.24. The van der Waals surface area contributed by atoms with Crippen LogP contribution in [-0.2, 0) is 0 Å². The summed E-state index contributed by atoms with van der Waals surface area (Å²) in [5.74, 6) is 0.440. The molecule has 1 heterocycles. The monoisotopic (exact) mass is 322 g/mol. The highest BCUT2D eigenvalue weighted by Gasteiger charge is 2.09. The zero-order valence-corrected chi connectivity index (χ0v) is 13.7. The van der Waals surface area contributed by atoms with Gasteiger partial charge in [-0.1, -0.05) is 29.8 Å². The molecule has 0 saturated carbocycles. The number of hydrogen-bond acceptors (Lipinski definition) is 4. The second-order valence-corrected chi connectivity index (χ2v) is 5.89. The molecule has 1 amide bonds. The molecule has 124 valence electrons. The maximum Gasteiger partial charge on any atom is 0.271 e. The molecule has 0 atom stereocenters. The first kappa shape index (κ1) is 16.2. The Morgan fingerprint density at radius 2 is 1.96 bits per heavy atom. The average molecular weight is 322 g/mol. The number of hydrogen-bond donors (Lipinski definition) is 2. The molecule has 1 aromatic carbocycles. The van der Waals surface area contributed by atoms with Crippen molar-refractivity contribution in [2.24, 2.45) is 0 Å². The van der Waals surface area contributed by atoms with Gasteiger partial charge in [-0.2, -0.15) is 0 Å². The van der Waals surface area contributed by atoms with Crippen molar-refractivity contribution in [2.45, 2.75) is 32.1 Å². The minimum atomic E-state index is -0.176. The molecule has 0 saturated heterocycles. The molecule has 0 radical (unpaired) electrons. The van der Waals surface area contributed by atoms with Gasteiger partial charge in [-0.15, -0.1) is 0 Å². The van der Waals surface area contributed by atoms with E-state index in [9.17, 15) is 4.79 Å². The van der Waals surface area contributed by atoms with Crippen LogP contribution in [0.2, 0.25) is 0 Å². The molecule has 2 N–H and O–H groups in total. The number of aromatic nitrogens is 2. The van der Waals surface area contributed by atoms with Crippen LogP contribution in [0.5, 0.6) is 0 Å². The third kappa shape index (κ3) is 4.65. The minimum absolute atomic E-state index is 0.176. The van der Waals surface area contributed by atoms with Gasteiger partial charge in [0.1, 0.15) is 11.5 Å². The number of rotatable bonds is 6. The second-order valence-electron chi connectivity index (χ2n) is 5.89. The lowest BCUT2D eigenvalue weighted by molar-refractivity contribution is 0.0948. The molecular weight excluding hydrogens is 300 g/mol. The van der Waals surface area contributed by atoms with Crippen LogP contribution in [0.1, 0.15) is 42.6 Å². The highest BCUT2D eigenvalue weighted by Crippen LogP contribution is 2.19. The van der Waals surface area contributed by atoms with E-state index in [1.165, 1.54) is 31.0 Å². The highest BCUT2D eigenvalue weighted by atomic mass is 16.1. The van der Waals surface area contributed by atoms with E-state index in [0.717, 1.165) is 18.5 Å². The topological polar surface area (TPSA) is 66.9 Å². The first-order chi connectivity index (χ1) is 11.8. The fraction of sp³-hybridized carbons (Fsp3) is 0.316. The van der Waals surface area contributed by atoms with Crippen LogP contribution in [0.15, 0.2) is 54.4 Å². The Bertz CT molecular complexity index is 695. The van der Waals surface area contributed by atoms with Crippen LogP contribution in [-0.4, -0.2) is 22.4 Å². The average Bonchev–Trinajstić information content (AvgIpc) is 2.64. The number of benzene rings is 1. The first-order valence-corrected chi connectivity index (χ1v) is 8.41. The molecule has 0 spiro atoms. The molecule has 3 rings (SSSR count). The summed E-state index contributed by atoms with van der Waals surface area (Å²) >= 11 is 0. The fourth-order valence-corrected chi connectivity index (χ4v) is 2.74. The summed E-state index contributed by atoms with van der Waals surface area (Å²) in [5, 5.41) is 6.06. The Kier molecular flexibility index (Phi) is 5.56. The number of para-hydroxylation sites is 1. The molecular formula is C19H22N4O. The van der Waals surface area contributed by atoms with E-state index in [2.05, 4.69) is 26.7 Å². The van der Waals surface area contributed by atoms with Crippen LogP contribution in [0.3, 0.4) is 0 Å². The lowest BCUT2D eigenvalue weighted by Crippen LogP contribution is -2.26. The minimum Gasteiger partial charge on any atom is -0.350 e. The van der Waals surface area contributed by atoms with Crippen molar-refractivity contribution < 1.29 is 4.79 Å². The van der Waals surface area contributed by atoms with Gasteiger partial charge in [0.15, 0.2) is 0 Å². The van der Waals surface area contributed by atoms with Crippen LogP contribution in [0.25, 0.3) is 0 Å². The molecule has 2 aromatic rings. The molecule has 5 nitrogen and oxygen atoms in total. The lowest BCUT2D eigenvalue weighted by atomic mass is 9.97. The molecule has 1 aromatic heterocycles. The summed E-state index contributed by atoms with van der Waals surface area (Å²) < 4.78 is 0. The zero-order valence-electron chi connectivity index (χ0n) is 13.7. The van der Waals surface area contributed by atoms with Crippen molar-refractivity contribution >= 4 is 17.4 Å². The van der Waals surface area contributed by atoms with Crippen LogP contribution >= 0.6 is 0 Å². The van der Waals surface area contributed by atoms with Gasteiger partial charge in [0, 0.05) is 12.2 Å². The largest absolute Gasteiger partial charge is 0.350 e. The number of amides is 1. The highest BCUT2D eigenvalue weighted by molar-refractivity contribution is 5.92. The van der Waals surface area contributed by atoms with Crippen molar-refractivity contribution in [2.75, 3.05) is 11.9 Å². The predicted molar refractivity (Wildman–Crippen MR) is 95.3 cm³/mol. The number of nitrogens with one attached hydrogen (secondary N) is 2. The van der Waals surface area contributed by atoms with Gasteiger partial charge in [-0.05, 0) is 44.2 Å². The molecule has 0 fully saturated rings. The third-order valence-electron chi connectivity index (χ3n) is 4.05. The molecule has 0 unspecified atom stereocenters. The zero-order chi connectivity index (χ0) is 16.6. The van der Waals surface area contributed by atoms with Crippen molar-refractivity contribution in [1.29, 1.82) is 0 Å². The Balaban J connectivity index is 1.49. The molecule has 1 aliphatic rings. The number of allylic oxidation sites excluding steroid dienone is 1. The van der Waals surface area contributed by atoms with E-state index < -0.39 is 0 Å². The van der Waals surface area contributed by atoms with Gasteiger partial charge >= 0.3 is 0 Å². The Morgan fingerprint density at radius 3 is 2.67 bits per heavy atom. The molecule has 24 heavy (non-hydrogen) atoms. The summed E-state index contributed by atoms with van der Waals surface area (Å²) in [5.41, 5.74) is 2.73. The Labute approximate surface area is 142 Å². The maximum atomic E-state index is 12.1. The summed E-state index contributed by atoms with van der Waals surface area (Å²) in [6, 6.07) is 9.73. The summed E-state index contributed by atoms with van der Waals surface area (Å²) in [6.45, 7) is 0.649. The lowest BCUT2D eigenvalue weighted by Gasteiger charge is -2.12. The van der Waals surface area contributed by atoms with Crippen LogP contribution in [0, 0.1) is 0 Å². The van der Waals surface area contributed by atoms with Gasteiger partial charge in [0.25, 0.3) is 5.91 Å². The number of nitrogens with zero attached hydrogens (tertiary/aromatic N) is 2. The van der Waals surface area contributed by atoms with Crippen molar-refractivity contribution in [3.05, 3.63) is 60.1 Å². The smallest absolute Gasteiger partial charge is 0.271 e. The van der Waals surface area contributed by atoms with Gasteiger partial charge in [-0.3, -0.25) is 4.79 Å². The van der Waals surface area contributed by atoms with E-state index >= 15 is 0 Å². The van der Waals surface area contributed by atoms with E-state index in [1.807, 2.05) is 30.3 Å². The van der Waals surface area contributed by atoms with E-state index in [-0.39, 0.29) is 5.91 Å². The van der Waals surface area contributed by atoms with Crippen molar-refractivity contribution in [3.8, 4) is 0 Å². The molecule has 0 bridgehead atoms. The van der Waals surface area contributed by atoms with E-state index in [1.54, 1.807) is 6.20 Å². The summed E-state index contributed by atoms with van der Waals surface area (Å²) in [6.07, 6.45) is 11.2. The maximum absolute atomic E-state index is 12.1. The third-order valence-corrected chi connectivity index (χ3v) is 4.05. The van der Waals surface area contributed by atoms with Gasteiger partial charge in [0.05, 0.1) is 12.4 Å². The normalized spacial score (nSPS) is 13.9. The van der Waals surface area contributed by atoms with Crippen LogP contribution in [0.4, 0.5) is 11.5 Å².